The van der Waals surface area contributed by atoms with Crippen LogP contribution in [-0.4, -0.2) is 75.2 Å². The van der Waals surface area contributed by atoms with Crippen LogP contribution in [0.15, 0.2) is 0 Å². The third-order valence-electron chi connectivity index (χ3n) is 3.71. The summed E-state index contributed by atoms with van der Waals surface area (Å²) in [4.78, 5) is 16.6. The van der Waals surface area contributed by atoms with Gasteiger partial charge in [0.1, 0.15) is 0 Å². The minimum absolute atomic E-state index is 0.223. The summed E-state index contributed by atoms with van der Waals surface area (Å²) >= 11 is 0. The van der Waals surface area contributed by atoms with Crippen molar-refractivity contribution in [1.29, 1.82) is 0 Å². The van der Waals surface area contributed by atoms with Gasteiger partial charge in [0.2, 0.25) is 5.91 Å². The summed E-state index contributed by atoms with van der Waals surface area (Å²) in [6.07, 6.45) is 1.00. The summed E-state index contributed by atoms with van der Waals surface area (Å²) in [6, 6.07) is 0. The molecule has 1 N–H and O–H groups in total. The van der Waals surface area contributed by atoms with Crippen LogP contribution in [0.25, 0.3) is 0 Å². The maximum absolute atomic E-state index is 12.2. The van der Waals surface area contributed by atoms with E-state index in [1.807, 2.05) is 4.90 Å². The Morgan fingerprint density at radius 1 is 1.35 bits per heavy atom. The molecule has 5 nitrogen and oxygen atoms in total. The maximum Gasteiger partial charge on any atom is 0.227 e. The molecule has 2 rings (SSSR count). The average molecular weight is 241 g/mol. The van der Waals surface area contributed by atoms with Crippen molar-refractivity contribution < 1.29 is 9.53 Å². The number of hydrogen-bond donors (Lipinski definition) is 1. The predicted molar refractivity (Wildman–Crippen MR) is 65.9 cm³/mol. The van der Waals surface area contributed by atoms with E-state index in [1.165, 1.54) is 0 Å². The quantitative estimate of drug-likeness (QED) is 0.713. The molecule has 0 spiro atoms. The van der Waals surface area contributed by atoms with Crippen molar-refractivity contribution in [2.24, 2.45) is 5.92 Å². The van der Waals surface area contributed by atoms with E-state index in [-0.39, 0.29) is 5.92 Å². The van der Waals surface area contributed by atoms with Crippen LogP contribution in [0.3, 0.4) is 0 Å². The van der Waals surface area contributed by atoms with Crippen LogP contribution < -0.4 is 5.32 Å². The van der Waals surface area contributed by atoms with E-state index in [0.29, 0.717) is 5.91 Å². The molecule has 98 valence electrons. The Bertz CT molecular complexity index is 246. The Morgan fingerprint density at radius 2 is 2.12 bits per heavy atom. The van der Waals surface area contributed by atoms with E-state index in [0.717, 1.165) is 58.8 Å². The Balaban J connectivity index is 1.72. The lowest BCUT2D eigenvalue weighted by atomic mass is 10.1. The monoisotopic (exact) mass is 241 g/mol. The molecule has 0 aliphatic carbocycles. The number of carbonyl (C=O) groups is 1. The zero-order chi connectivity index (χ0) is 12.1. The molecular formula is C12H23N3O2. The number of ether oxygens (including phenoxy) is 1. The molecule has 0 aromatic carbocycles. The highest BCUT2D eigenvalue weighted by Gasteiger charge is 2.29. The zero-order valence-electron chi connectivity index (χ0n) is 10.7. The number of methoxy groups -OCH3 is 1. The van der Waals surface area contributed by atoms with Gasteiger partial charge in [0.15, 0.2) is 0 Å². The lowest BCUT2D eigenvalue weighted by Gasteiger charge is -2.35. The van der Waals surface area contributed by atoms with E-state index < -0.39 is 0 Å². The molecule has 2 aliphatic heterocycles. The van der Waals surface area contributed by atoms with Gasteiger partial charge in [0, 0.05) is 46.4 Å². The lowest BCUT2D eigenvalue weighted by molar-refractivity contribution is -0.136. The van der Waals surface area contributed by atoms with Gasteiger partial charge in [-0.15, -0.1) is 0 Å². The summed E-state index contributed by atoms with van der Waals surface area (Å²) < 4.78 is 5.07. The van der Waals surface area contributed by atoms with Gasteiger partial charge in [0.05, 0.1) is 12.5 Å². The molecule has 1 atom stereocenters. The molecule has 0 unspecified atom stereocenters. The van der Waals surface area contributed by atoms with Crippen molar-refractivity contribution in [3.05, 3.63) is 0 Å². The lowest BCUT2D eigenvalue weighted by Crippen LogP contribution is -2.51. The highest BCUT2D eigenvalue weighted by molar-refractivity contribution is 5.79. The molecule has 0 aromatic rings. The van der Waals surface area contributed by atoms with Gasteiger partial charge >= 0.3 is 0 Å². The summed E-state index contributed by atoms with van der Waals surface area (Å²) in [5.74, 6) is 0.571. The summed E-state index contributed by atoms with van der Waals surface area (Å²) in [5, 5.41) is 3.25. The normalized spacial score (nSPS) is 26.4. The minimum atomic E-state index is 0.223. The average Bonchev–Trinajstić information content (AvgIpc) is 2.90. The van der Waals surface area contributed by atoms with Crippen LogP contribution in [0.2, 0.25) is 0 Å². The summed E-state index contributed by atoms with van der Waals surface area (Å²) in [7, 11) is 1.73. The maximum atomic E-state index is 12.2. The second-order valence-corrected chi connectivity index (χ2v) is 4.85. The fourth-order valence-electron chi connectivity index (χ4n) is 2.54. The first-order valence-electron chi connectivity index (χ1n) is 6.52. The number of rotatable bonds is 4. The fourth-order valence-corrected chi connectivity index (χ4v) is 2.54. The topological polar surface area (TPSA) is 44.8 Å². The molecule has 0 bridgehead atoms. The van der Waals surface area contributed by atoms with Crippen molar-refractivity contribution in [1.82, 2.24) is 15.1 Å². The van der Waals surface area contributed by atoms with E-state index in [1.54, 1.807) is 7.11 Å². The van der Waals surface area contributed by atoms with Gasteiger partial charge in [-0.2, -0.15) is 0 Å². The van der Waals surface area contributed by atoms with Crippen LogP contribution >= 0.6 is 0 Å². The van der Waals surface area contributed by atoms with E-state index in [4.69, 9.17) is 4.74 Å². The van der Waals surface area contributed by atoms with Gasteiger partial charge in [0.25, 0.3) is 0 Å². The van der Waals surface area contributed by atoms with E-state index in [2.05, 4.69) is 10.2 Å². The first-order valence-corrected chi connectivity index (χ1v) is 6.52. The van der Waals surface area contributed by atoms with Crippen molar-refractivity contribution >= 4 is 5.91 Å². The molecule has 1 amide bonds. The third kappa shape index (κ3) is 3.40. The van der Waals surface area contributed by atoms with Crippen molar-refractivity contribution in [3.63, 3.8) is 0 Å². The molecule has 0 radical (unpaired) electrons. The van der Waals surface area contributed by atoms with Gasteiger partial charge in [-0.25, -0.2) is 0 Å². The highest BCUT2D eigenvalue weighted by Crippen LogP contribution is 2.13. The highest BCUT2D eigenvalue weighted by atomic mass is 16.5. The van der Waals surface area contributed by atoms with Gasteiger partial charge in [-0.1, -0.05) is 0 Å². The molecule has 0 saturated carbocycles. The van der Waals surface area contributed by atoms with Gasteiger partial charge < -0.3 is 15.0 Å². The molecule has 17 heavy (non-hydrogen) atoms. The number of hydrogen-bond acceptors (Lipinski definition) is 4. The van der Waals surface area contributed by atoms with Crippen molar-refractivity contribution in [3.8, 4) is 0 Å². The zero-order valence-corrected chi connectivity index (χ0v) is 10.7. The summed E-state index contributed by atoms with van der Waals surface area (Å²) in [5.41, 5.74) is 0. The number of carbonyl (C=O) groups excluding carboxylic acids is 1. The Labute approximate surface area is 103 Å². The number of amides is 1. The largest absolute Gasteiger partial charge is 0.383 e. The second kappa shape index (κ2) is 6.33. The molecule has 2 fully saturated rings. The number of piperazine rings is 1. The van der Waals surface area contributed by atoms with Crippen molar-refractivity contribution in [2.75, 3.05) is 59.5 Å². The Kier molecular flexibility index (Phi) is 4.76. The minimum Gasteiger partial charge on any atom is -0.383 e. The smallest absolute Gasteiger partial charge is 0.227 e. The van der Waals surface area contributed by atoms with E-state index in [9.17, 15) is 4.79 Å². The second-order valence-electron chi connectivity index (χ2n) is 4.85. The SMILES string of the molecule is COCCN1CCN(C(=O)[C@H]2CCNC2)CC1. The van der Waals surface area contributed by atoms with Gasteiger partial charge in [-0.05, 0) is 13.0 Å². The third-order valence-corrected chi connectivity index (χ3v) is 3.71. The fraction of sp³-hybridized carbons (Fsp3) is 0.917. The standard InChI is InChI=1S/C12H23N3O2/c1-17-9-8-14-4-6-15(7-5-14)12(16)11-2-3-13-10-11/h11,13H,2-10H2,1H3/t11-/m0/s1. The molecule has 5 heteroatoms. The molecule has 0 aromatic heterocycles. The van der Waals surface area contributed by atoms with Crippen LogP contribution in [0.5, 0.6) is 0 Å². The molecular weight excluding hydrogens is 218 g/mol. The Morgan fingerprint density at radius 3 is 2.71 bits per heavy atom. The van der Waals surface area contributed by atoms with Crippen LogP contribution in [0, 0.1) is 5.92 Å². The van der Waals surface area contributed by atoms with Gasteiger partial charge in [-0.3, -0.25) is 9.69 Å². The molecule has 2 aliphatic rings. The van der Waals surface area contributed by atoms with E-state index >= 15 is 0 Å². The Hall–Kier alpha value is -0.650. The van der Waals surface area contributed by atoms with Crippen LogP contribution in [-0.2, 0) is 9.53 Å². The first-order chi connectivity index (χ1) is 8.31. The number of nitrogens with zero attached hydrogens (tertiary/aromatic N) is 2. The molecule has 2 saturated heterocycles. The predicted octanol–water partition coefficient (Wildman–Crippen LogP) is -0.613. The van der Waals surface area contributed by atoms with Crippen molar-refractivity contribution in [2.45, 2.75) is 6.42 Å². The first kappa shape index (κ1) is 12.8. The van der Waals surface area contributed by atoms with Crippen LogP contribution in [0.4, 0.5) is 0 Å². The van der Waals surface area contributed by atoms with Crippen LogP contribution in [0.1, 0.15) is 6.42 Å². The molecule has 2 heterocycles. The number of nitrogens with one attached hydrogen (secondary N) is 1. The summed E-state index contributed by atoms with van der Waals surface area (Å²) in [6.45, 7) is 7.32.